The Hall–Kier alpha value is -2.24. The zero-order valence-corrected chi connectivity index (χ0v) is 17.3. The number of non-ortho nitro benzene ring substituents is 1. The van der Waals surface area contributed by atoms with E-state index < -0.39 is 14.9 Å². The molecule has 0 radical (unpaired) electrons. The molecule has 0 aliphatic rings. The Morgan fingerprint density at radius 3 is 2.61 bits per heavy atom. The third kappa shape index (κ3) is 9.11. The molecule has 0 aromatic heterocycles. The lowest BCUT2D eigenvalue weighted by Gasteiger charge is -2.13. The van der Waals surface area contributed by atoms with Crippen molar-refractivity contribution in [1.29, 1.82) is 0 Å². The van der Waals surface area contributed by atoms with Gasteiger partial charge in [0.1, 0.15) is 0 Å². The number of hydrogen-bond acceptors (Lipinski definition) is 6. The topological polar surface area (TPSA) is 135 Å². The van der Waals surface area contributed by atoms with Gasteiger partial charge in [-0.25, -0.2) is 13.1 Å². The van der Waals surface area contributed by atoms with Gasteiger partial charge in [0.15, 0.2) is 5.96 Å². The number of nitrogens with one attached hydrogen (secondary N) is 3. The molecular weight excluding hydrogens is 386 g/mol. The molecule has 11 heteroatoms. The quantitative estimate of drug-likeness (QED) is 0.153. The van der Waals surface area contributed by atoms with Crippen molar-refractivity contribution in [3.05, 3.63) is 34.4 Å². The molecule has 158 valence electrons. The second-order valence-corrected chi connectivity index (χ2v) is 8.17. The molecule has 0 unspecified atom stereocenters. The number of sulfonamides is 1. The molecule has 1 aromatic carbocycles. The lowest BCUT2D eigenvalue weighted by Crippen LogP contribution is -2.42. The van der Waals surface area contributed by atoms with Crippen molar-refractivity contribution >= 4 is 21.7 Å². The highest BCUT2D eigenvalue weighted by Crippen LogP contribution is 2.16. The van der Waals surface area contributed by atoms with E-state index in [2.05, 4.69) is 34.2 Å². The lowest BCUT2D eigenvalue weighted by atomic mass is 10.2. The van der Waals surface area contributed by atoms with Crippen LogP contribution in [0.5, 0.6) is 0 Å². The van der Waals surface area contributed by atoms with Crippen molar-refractivity contribution in [1.82, 2.24) is 15.4 Å². The molecule has 0 fully saturated rings. The van der Waals surface area contributed by atoms with Crippen molar-refractivity contribution in [3.8, 4) is 0 Å². The number of ether oxygens (including phenoxy) is 1. The first kappa shape index (κ1) is 23.8. The first-order valence-electron chi connectivity index (χ1n) is 9.02. The van der Waals surface area contributed by atoms with Gasteiger partial charge in [0, 0.05) is 52.0 Å². The molecule has 1 rings (SSSR count). The Bertz CT molecular complexity index is 752. The van der Waals surface area contributed by atoms with E-state index in [-0.39, 0.29) is 17.1 Å². The maximum absolute atomic E-state index is 12.2. The van der Waals surface area contributed by atoms with Gasteiger partial charge in [0.05, 0.1) is 9.82 Å². The van der Waals surface area contributed by atoms with Crippen LogP contribution in [0.1, 0.15) is 20.3 Å². The van der Waals surface area contributed by atoms with E-state index in [4.69, 9.17) is 4.74 Å². The number of nitro benzene ring substituents is 1. The van der Waals surface area contributed by atoms with Crippen LogP contribution >= 0.6 is 0 Å². The Morgan fingerprint density at radius 2 is 1.96 bits per heavy atom. The minimum absolute atomic E-state index is 0.100. The first-order chi connectivity index (χ1) is 13.3. The Balaban J connectivity index is 2.34. The van der Waals surface area contributed by atoms with Crippen LogP contribution in [0.15, 0.2) is 34.2 Å². The summed E-state index contributed by atoms with van der Waals surface area (Å²) in [7, 11) is -2.20. The average Bonchev–Trinajstić information content (AvgIpc) is 2.65. The van der Waals surface area contributed by atoms with Gasteiger partial charge < -0.3 is 15.4 Å². The van der Waals surface area contributed by atoms with Crippen LogP contribution in [-0.2, 0) is 14.8 Å². The van der Waals surface area contributed by atoms with Gasteiger partial charge in [-0.2, -0.15) is 0 Å². The summed E-state index contributed by atoms with van der Waals surface area (Å²) in [6.45, 7) is 6.66. The number of nitro groups is 1. The third-order valence-electron chi connectivity index (χ3n) is 3.48. The normalized spacial score (nSPS) is 12.2. The Kier molecular flexibility index (Phi) is 10.4. The molecule has 0 bridgehead atoms. The predicted molar refractivity (Wildman–Crippen MR) is 108 cm³/mol. The highest BCUT2D eigenvalue weighted by Gasteiger charge is 2.16. The molecule has 0 aliphatic heterocycles. The Labute approximate surface area is 166 Å². The van der Waals surface area contributed by atoms with Gasteiger partial charge in [-0.15, -0.1) is 0 Å². The smallest absolute Gasteiger partial charge is 0.270 e. The third-order valence-corrected chi connectivity index (χ3v) is 4.94. The SMILES string of the molecule is CN=C(NCCCOCC(C)C)NCCNS(=O)(=O)c1cccc([N+](=O)[O-])c1. The van der Waals surface area contributed by atoms with Crippen LogP contribution in [0.25, 0.3) is 0 Å². The molecule has 10 nitrogen and oxygen atoms in total. The minimum atomic E-state index is -3.83. The van der Waals surface area contributed by atoms with Gasteiger partial charge in [-0.1, -0.05) is 19.9 Å². The minimum Gasteiger partial charge on any atom is -0.381 e. The Morgan fingerprint density at radius 1 is 1.25 bits per heavy atom. The van der Waals surface area contributed by atoms with Crippen LogP contribution in [0, 0.1) is 16.0 Å². The van der Waals surface area contributed by atoms with Crippen LogP contribution in [0.2, 0.25) is 0 Å². The summed E-state index contributed by atoms with van der Waals surface area (Å²) in [5.74, 6) is 1.06. The van der Waals surface area contributed by atoms with Crippen LogP contribution in [-0.4, -0.2) is 59.2 Å². The summed E-state index contributed by atoms with van der Waals surface area (Å²) in [6, 6.07) is 4.91. The van der Waals surface area contributed by atoms with E-state index in [9.17, 15) is 18.5 Å². The second-order valence-electron chi connectivity index (χ2n) is 6.40. The first-order valence-corrected chi connectivity index (χ1v) is 10.5. The number of hydrogen-bond donors (Lipinski definition) is 3. The molecule has 28 heavy (non-hydrogen) atoms. The van der Waals surface area contributed by atoms with Gasteiger partial charge in [0.25, 0.3) is 5.69 Å². The summed E-state index contributed by atoms with van der Waals surface area (Å²) >= 11 is 0. The van der Waals surface area contributed by atoms with Crippen molar-refractivity contribution in [2.45, 2.75) is 25.2 Å². The predicted octanol–water partition coefficient (Wildman–Crippen LogP) is 1.10. The highest BCUT2D eigenvalue weighted by molar-refractivity contribution is 7.89. The molecule has 0 amide bonds. The molecule has 0 saturated heterocycles. The van der Waals surface area contributed by atoms with Crippen LogP contribution in [0.3, 0.4) is 0 Å². The van der Waals surface area contributed by atoms with E-state index in [0.29, 0.717) is 31.6 Å². The maximum Gasteiger partial charge on any atom is 0.270 e. The molecule has 0 aliphatic carbocycles. The van der Waals surface area contributed by atoms with Crippen molar-refractivity contribution < 1.29 is 18.1 Å². The number of guanidine groups is 1. The molecule has 3 N–H and O–H groups in total. The van der Waals surface area contributed by atoms with Crippen LogP contribution in [0.4, 0.5) is 5.69 Å². The fourth-order valence-electron chi connectivity index (χ4n) is 2.13. The fraction of sp³-hybridized carbons (Fsp3) is 0.588. The van der Waals surface area contributed by atoms with E-state index in [0.717, 1.165) is 19.1 Å². The van der Waals surface area contributed by atoms with E-state index in [1.807, 2.05) is 0 Å². The van der Waals surface area contributed by atoms with Crippen LogP contribution < -0.4 is 15.4 Å². The number of aliphatic imine (C=N–C) groups is 1. The van der Waals surface area contributed by atoms with Gasteiger partial charge in [0.2, 0.25) is 10.0 Å². The zero-order valence-electron chi connectivity index (χ0n) is 16.5. The number of benzene rings is 1. The van der Waals surface area contributed by atoms with E-state index in [1.54, 1.807) is 7.05 Å². The van der Waals surface area contributed by atoms with E-state index >= 15 is 0 Å². The highest BCUT2D eigenvalue weighted by atomic mass is 32.2. The van der Waals surface area contributed by atoms with Crippen molar-refractivity contribution in [3.63, 3.8) is 0 Å². The summed E-state index contributed by atoms with van der Waals surface area (Å²) in [5.41, 5.74) is -0.275. The van der Waals surface area contributed by atoms with Crippen molar-refractivity contribution in [2.75, 3.05) is 39.9 Å². The molecule has 0 saturated carbocycles. The molecule has 0 atom stereocenters. The summed E-state index contributed by atoms with van der Waals surface area (Å²) in [6.07, 6.45) is 0.826. The fourth-order valence-corrected chi connectivity index (χ4v) is 3.21. The zero-order chi connectivity index (χ0) is 21.0. The van der Waals surface area contributed by atoms with Gasteiger partial charge >= 0.3 is 0 Å². The number of nitrogens with zero attached hydrogens (tertiary/aromatic N) is 2. The second kappa shape index (κ2) is 12.3. The molecule has 1 aromatic rings. The summed E-state index contributed by atoms with van der Waals surface area (Å²) < 4.78 is 32.3. The molecular formula is C17H29N5O5S. The maximum atomic E-state index is 12.2. The molecule has 0 heterocycles. The summed E-state index contributed by atoms with van der Waals surface area (Å²) in [4.78, 5) is 14.1. The largest absolute Gasteiger partial charge is 0.381 e. The monoisotopic (exact) mass is 415 g/mol. The average molecular weight is 416 g/mol. The van der Waals surface area contributed by atoms with Gasteiger partial charge in [-0.05, 0) is 18.4 Å². The molecule has 0 spiro atoms. The van der Waals surface area contributed by atoms with E-state index in [1.165, 1.54) is 18.2 Å². The standard InChI is InChI=1S/C17H29N5O5S/c1-14(2)13-27-11-5-8-19-17(18-3)20-9-10-21-28(25,26)16-7-4-6-15(12-16)22(23)24/h4,6-7,12,14,21H,5,8-11,13H2,1-3H3,(H2,18,19,20). The lowest BCUT2D eigenvalue weighted by molar-refractivity contribution is -0.385. The summed E-state index contributed by atoms with van der Waals surface area (Å²) in [5, 5.41) is 16.9. The van der Waals surface area contributed by atoms with Gasteiger partial charge in [-0.3, -0.25) is 15.1 Å². The van der Waals surface area contributed by atoms with Crippen molar-refractivity contribution in [2.24, 2.45) is 10.9 Å². The number of rotatable bonds is 12.